The molecule has 1 aliphatic heterocycles. The van der Waals surface area contributed by atoms with Gasteiger partial charge in [0.2, 0.25) is 0 Å². The Hall–Kier alpha value is -1.95. The van der Waals surface area contributed by atoms with Gasteiger partial charge in [-0.25, -0.2) is 4.79 Å². The highest BCUT2D eigenvalue weighted by atomic mass is 16.7. The van der Waals surface area contributed by atoms with Gasteiger partial charge in [0.25, 0.3) is 0 Å². The number of rotatable bonds is 10. The van der Waals surface area contributed by atoms with Crippen molar-refractivity contribution in [2.45, 2.75) is 75.8 Å². The smallest absolute Gasteiger partial charge is 0.407 e. The van der Waals surface area contributed by atoms with Crippen molar-refractivity contribution in [2.24, 2.45) is 5.92 Å². The highest BCUT2D eigenvalue weighted by molar-refractivity contribution is 5.66. The third-order valence-corrected chi connectivity index (χ3v) is 6.33. The summed E-state index contributed by atoms with van der Waals surface area (Å²) in [5, 5.41) is 42.3. The van der Waals surface area contributed by atoms with Crippen LogP contribution < -0.4 is 10.1 Å². The van der Waals surface area contributed by atoms with Gasteiger partial charge in [-0.15, -0.1) is 0 Å². The lowest BCUT2D eigenvalue weighted by Crippen LogP contribution is -2.60. The van der Waals surface area contributed by atoms with Crippen LogP contribution >= 0.6 is 0 Å². The second-order valence-corrected chi connectivity index (χ2v) is 8.76. The molecule has 34 heavy (non-hydrogen) atoms. The molecule has 1 aliphatic carbocycles. The van der Waals surface area contributed by atoms with E-state index in [1.807, 2.05) is 24.3 Å². The van der Waals surface area contributed by atoms with E-state index in [0.29, 0.717) is 25.5 Å². The molecule has 0 spiro atoms. The fourth-order valence-corrected chi connectivity index (χ4v) is 4.47. The molecule has 7 atom stereocenters. The number of carbonyl (C=O) groups is 1. The molecule has 1 aromatic carbocycles. The minimum atomic E-state index is -1.45. The molecule has 2 aliphatic rings. The van der Waals surface area contributed by atoms with Gasteiger partial charge in [-0.1, -0.05) is 25.0 Å². The number of nitrogens with one attached hydrogen (secondary N) is 1. The topological polar surface area (TPSA) is 147 Å². The van der Waals surface area contributed by atoms with Crippen molar-refractivity contribution in [3.63, 3.8) is 0 Å². The van der Waals surface area contributed by atoms with Gasteiger partial charge in [0.05, 0.1) is 25.9 Å². The molecule has 1 amide bonds. The summed E-state index contributed by atoms with van der Waals surface area (Å²) in [7, 11) is 0. The van der Waals surface area contributed by atoms with Crippen molar-refractivity contribution in [2.75, 3.05) is 26.4 Å². The second-order valence-electron chi connectivity index (χ2n) is 8.76. The zero-order valence-corrected chi connectivity index (χ0v) is 19.5. The van der Waals surface area contributed by atoms with Gasteiger partial charge in [-0.05, 0) is 49.8 Å². The van der Waals surface area contributed by atoms with E-state index >= 15 is 0 Å². The van der Waals surface area contributed by atoms with Crippen LogP contribution in [0.5, 0.6) is 5.75 Å². The predicted molar refractivity (Wildman–Crippen MR) is 121 cm³/mol. The molecule has 1 heterocycles. The average Bonchev–Trinajstić information content (AvgIpc) is 2.84. The van der Waals surface area contributed by atoms with E-state index in [1.54, 1.807) is 6.92 Å². The summed E-state index contributed by atoms with van der Waals surface area (Å²) in [6.45, 7) is 2.26. The minimum absolute atomic E-state index is 0.180. The Morgan fingerprint density at radius 3 is 2.53 bits per heavy atom. The van der Waals surface area contributed by atoms with Crippen LogP contribution in [0.1, 0.15) is 38.2 Å². The van der Waals surface area contributed by atoms with Gasteiger partial charge >= 0.3 is 6.09 Å². The molecule has 192 valence electrons. The lowest BCUT2D eigenvalue weighted by molar-refractivity contribution is -0.316. The van der Waals surface area contributed by atoms with Gasteiger partial charge in [0.15, 0.2) is 6.29 Å². The Bertz CT molecular complexity index is 744. The maximum absolute atomic E-state index is 11.3. The SMILES string of the molecule is CCOC(=O)NCCOc1ccc(C[C@H]2CCCC[C@@H]2O[C@@H]2O[C@H](CO)[C@@H](O)[C@H](O)[C@H]2O)cc1. The molecule has 0 unspecified atom stereocenters. The Kier molecular flexibility index (Phi) is 10.4. The molecule has 1 saturated carbocycles. The number of aliphatic hydroxyl groups excluding tert-OH is 4. The number of hydrogen-bond donors (Lipinski definition) is 5. The largest absolute Gasteiger partial charge is 0.492 e. The molecule has 0 bridgehead atoms. The Morgan fingerprint density at radius 2 is 1.82 bits per heavy atom. The van der Waals surface area contributed by atoms with Crippen LogP contribution in [0, 0.1) is 5.92 Å². The number of hydrogen-bond acceptors (Lipinski definition) is 9. The third kappa shape index (κ3) is 7.27. The summed E-state index contributed by atoms with van der Waals surface area (Å²) in [6, 6.07) is 7.76. The first-order valence-corrected chi connectivity index (χ1v) is 12.0. The van der Waals surface area contributed by atoms with E-state index in [-0.39, 0.29) is 12.0 Å². The summed E-state index contributed by atoms with van der Waals surface area (Å²) in [5.74, 6) is 0.897. The van der Waals surface area contributed by atoms with E-state index in [4.69, 9.17) is 18.9 Å². The van der Waals surface area contributed by atoms with Gasteiger partial charge in [-0.2, -0.15) is 0 Å². The van der Waals surface area contributed by atoms with Crippen LogP contribution in [0.15, 0.2) is 24.3 Å². The predicted octanol–water partition coefficient (Wildman–Crippen LogP) is 0.729. The van der Waals surface area contributed by atoms with E-state index in [2.05, 4.69) is 5.32 Å². The number of ether oxygens (including phenoxy) is 4. The van der Waals surface area contributed by atoms with Crippen molar-refractivity contribution >= 4 is 6.09 Å². The van der Waals surface area contributed by atoms with Gasteiger partial charge in [0.1, 0.15) is 36.8 Å². The number of amides is 1. The van der Waals surface area contributed by atoms with Crippen molar-refractivity contribution in [1.29, 1.82) is 0 Å². The van der Waals surface area contributed by atoms with E-state index < -0.39 is 43.4 Å². The number of benzene rings is 1. The van der Waals surface area contributed by atoms with Crippen LogP contribution in [0.2, 0.25) is 0 Å². The zero-order valence-electron chi connectivity index (χ0n) is 19.5. The second kappa shape index (κ2) is 13.2. The number of alkyl carbamates (subject to hydrolysis) is 1. The number of carbonyl (C=O) groups excluding carboxylic acids is 1. The Labute approximate surface area is 199 Å². The first kappa shape index (κ1) is 26.7. The molecule has 3 rings (SSSR count). The highest BCUT2D eigenvalue weighted by Crippen LogP contribution is 2.33. The van der Waals surface area contributed by atoms with Gasteiger partial charge < -0.3 is 44.7 Å². The molecular formula is C24H37NO9. The summed E-state index contributed by atoms with van der Waals surface area (Å²) in [6.07, 6.45) is -2.38. The van der Waals surface area contributed by atoms with Crippen molar-refractivity contribution in [3.8, 4) is 5.75 Å². The summed E-state index contributed by atoms with van der Waals surface area (Å²) in [5.41, 5.74) is 1.12. The standard InChI is InChI=1S/C24H37NO9/c1-2-31-24(30)25-11-12-32-17-9-7-15(8-10-17)13-16-5-3-4-6-18(16)33-23-22(29)21(28)20(27)19(14-26)34-23/h7-10,16,18-23,26-29H,2-6,11-14H2,1H3,(H,25,30)/t16-,18+,19-,20-,21+,22-,23-/m1/s1. The molecule has 1 aromatic rings. The van der Waals surface area contributed by atoms with Gasteiger partial charge in [-0.3, -0.25) is 0 Å². The molecule has 10 nitrogen and oxygen atoms in total. The Balaban J connectivity index is 1.51. The minimum Gasteiger partial charge on any atom is -0.492 e. The Morgan fingerprint density at radius 1 is 1.09 bits per heavy atom. The number of aliphatic hydroxyl groups is 4. The van der Waals surface area contributed by atoms with E-state index in [9.17, 15) is 25.2 Å². The molecule has 5 N–H and O–H groups in total. The third-order valence-electron chi connectivity index (χ3n) is 6.33. The first-order valence-electron chi connectivity index (χ1n) is 12.0. The highest BCUT2D eigenvalue weighted by Gasteiger charge is 2.45. The lowest BCUT2D eigenvalue weighted by Gasteiger charge is -2.42. The summed E-state index contributed by atoms with van der Waals surface area (Å²) < 4.78 is 22.1. The van der Waals surface area contributed by atoms with Crippen LogP contribution in [0.3, 0.4) is 0 Å². The van der Waals surface area contributed by atoms with Crippen molar-refractivity contribution in [3.05, 3.63) is 29.8 Å². The van der Waals surface area contributed by atoms with Crippen LogP contribution in [0.25, 0.3) is 0 Å². The van der Waals surface area contributed by atoms with Crippen molar-refractivity contribution in [1.82, 2.24) is 5.32 Å². The average molecular weight is 484 g/mol. The maximum Gasteiger partial charge on any atom is 0.407 e. The maximum atomic E-state index is 11.3. The molecule has 0 aromatic heterocycles. The fourth-order valence-electron chi connectivity index (χ4n) is 4.47. The molecular weight excluding hydrogens is 446 g/mol. The van der Waals surface area contributed by atoms with Crippen LogP contribution in [0.4, 0.5) is 4.79 Å². The molecule has 1 saturated heterocycles. The van der Waals surface area contributed by atoms with Gasteiger partial charge in [0, 0.05) is 0 Å². The van der Waals surface area contributed by atoms with E-state index in [0.717, 1.165) is 37.7 Å². The molecule has 10 heteroatoms. The van der Waals surface area contributed by atoms with Crippen molar-refractivity contribution < 1.29 is 44.2 Å². The summed E-state index contributed by atoms with van der Waals surface area (Å²) >= 11 is 0. The zero-order chi connectivity index (χ0) is 24.5. The monoisotopic (exact) mass is 483 g/mol. The lowest BCUT2D eigenvalue weighted by atomic mass is 9.82. The summed E-state index contributed by atoms with van der Waals surface area (Å²) in [4.78, 5) is 11.3. The fraction of sp³-hybridized carbons (Fsp3) is 0.708. The molecule has 2 fully saturated rings. The van der Waals surface area contributed by atoms with Crippen LogP contribution in [-0.2, 0) is 20.6 Å². The van der Waals surface area contributed by atoms with E-state index in [1.165, 1.54) is 0 Å². The van der Waals surface area contributed by atoms with Crippen LogP contribution in [-0.4, -0.2) is 89.7 Å². The first-order chi connectivity index (χ1) is 16.4. The quantitative estimate of drug-likeness (QED) is 0.304. The molecule has 0 radical (unpaired) electrons. The normalized spacial score (nSPS) is 31.6.